The molecule has 20 heavy (non-hydrogen) atoms. The van der Waals surface area contributed by atoms with Gasteiger partial charge in [0.05, 0.1) is 6.10 Å². The van der Waals surface area contributed by atoms with Crippen molar-refractivity contribution < 1.29 is 4.74 Å². The molecule has 0 spiro atoms. The van der Waals surface area contributed by atoms with Gasteiger partial charge in [-0.1, -0.05) is 27.7 Å². The van der Waals surface area contributed by atoms with E-state index in [1.165, 1.54) is 6.33 Å². The normalized spacial score (nSPS) is 11.7. The van der Waals surface area contributed by atoms with E-state index in [0.29, 0.717) is 35.1 Å². The average molecular weight is 280 g/mol. The zero-order valence-corrected chi connectivity index (χ0v) is 13.5. The molecular formula is C15H28N4O. The second-order valence-electron chi connectivity index (χ2n) is 6.14. The molecule has 114 valence electrons. The molecule has 0 aromatic carbocycles. The lowest BCUT2D eigenvalue weighted by Gasteiger charge is -2.25. The second kappa shape index (κ2) is 7.31. The first kappa shape index (κ1) is 16.5. The Labute approximate surface area is 122 Å². The summed E-state index contributed by atoms with van der Waals surface area (Å²) in [6.45, 7) is 13.7. The molecule has 0 aliphatic carbocycles. The summed E-state index contributed by atoms with van der Waals surface area (Å²) < 4.78 is 5.57. The number of nitrogens with one attached hydrogen (secondary N) is 1. The van der Waals surface area contributed by atoms with Gasteiger partial charge in [0.25, 0.3) is 0 Å². The molecule has 3 N–H and O–H groups in total. The van der Waals surface area contributed by atoms with Crippen molar-refractivity contribution in [1.29, 1.82) is 0 Å². The standard InChI is InChI=1S/C15H28N4O/c1-9(2)12(10(3)4)7-17-14-13(16)15(19-8-18-14)20-11(5)6/h8-12H,7,16H2,1-6H3,(H,17,18,19). The van der Waals surface area contributed by atoms with Crippen LogP contribution in [0.25, 0.3) is 0 Å². The van der Waals surface area contributed by atoms with Gasteiger partial charge in [-0.15, -0.1) is 0 Å². The Morgan fingerprint density at radius 1 is 1.10 bits per heavy atom. The van der Waals surface area contributed by atoms with Crippen molar-refractivity contribution in [3.05, 3.63) is 6.33 Å². The van der Waals surface area contributed by atoms with Crippen molar-refractivity contribution in [3.8, 4) is 5.88 Å². The van der Waals surface area contributed by atoms with Gasteiger partial charge in [0, 0.05) is 6.54 Å². The van der Waals surface area contributed by atoms with Gasteiger partial charge in [0.2, 0.25) is 5.88 Å². The molecule has 5 nitrogen and oxygen atoms in total. The minimum atomic E-state index is 0.0409. The number of anilines is 2. The molecule has 1 aromatic heterocycles. The van der Waals surface area contributed by atoms with Gasteiger partial charge in [0.15, 0.2) is 5.82 Å². The molecule has 0 saturated heterocycles. The number of nitrogens with two attached hydrogens (primary N) is 1. The maximum atomic E-state index is 6.06. The van der Waals surface area contributed by atoms with Crippen LogP contribution in [0, 0.1) is 17.8 Å². The summed E-state index contributed by atoms with van der Waals surface area (Å²) in [4.78, 5) is 8.29. The monoisotopic (exact) mass is 280 g/mol. The van der Waals surface area contributed by atoms with E-state index >= 15 is 0 Å². The lowest BCUT2D eigenvalue weighted by Crippen LogP contribution is -2.25. The minimum Gasteiger partial charge on any atom is -0.473 e. The summed E-state index contributed by atoms with van der Waals surface area (Å²) in [7, 11) is 0. The largest absolute Gasteiger partial charge is 0.473 e. The van der Waals surface area contributed by atoms with Crippen LogP contribution in [0.15, 0.2) is 6.33 Å². The average Bonchev–Trinajstić information content (AvgIpc) is 2.32. The molecule has 0 atom stereocenters. The van der Waals surface area contributed by atoms with Crippen molar-refractivity contribution in [3.63, 3.8) is 0 Å². The zero-order valence-electron chi connectivity index (χ0n) is 13.5. The highest BCUT2D eigenvalue weighted by Crippen LogP contribution is 2.27. The lowest BCUT2D eigenvalue weighted by molar-refractivity contribution is 0.234. The summed E-state index contributed by atoms with van der Waals surface area (Å²) in [6.07, 6.45) is 1.52. The number of rotatable bonds is 7. The third kappa shape index (κ3) is 4.54. The smallest absolute Gasteiger partial charge is 0.242 e. The van der Waals surface area contributed by atoms with Gasteiger partial charge < -0.3 is 15.8 Å². The lowest BCUT2D eigenvalue weighted by atomic mass is 9.85. The van der Waals surface area contributed by atoms with E-state index in [0.717, 1.165) is 6.54 Å². The second-order valence-corrected chi connectivity index (χ2v) is 6.14. The first-order valence-corrected chi connectivity index (χ1v) is 7.33. The van der Waals surface area contributed by atoms with Gasteiger partial charge in [-0.3, -0.25) is 0 Å². The van der Waals surface area contributed by atoms with Gasteiger partial charge in [-0.05, 0) is 31.6 Å². The molecule has 1 heterocycles. The van der Waals surface area contributed by atoms with Crippen LogP contribution in [0.1, 0.15) is 41.5 Å². The maximum Gasteiger partial charge on any atom is 0.242 e. The molecule has 0 bridgehead atoms. The third-order valence-electron chi connectivity index (χ3n) is 3.41. The number of nitrogens with zero attached hydrogens (tertiary/aromatic N) is 2. The molecule has 0 unspecified atom stereocenters. The molecular weight excluding hydrogens is 252 g/mol. The molecule has 1 aromatic rings. The van der Waals surface area contributed by atoms with Crippen LogP contribution < -0.4 is 15.8 Å². The summed E-state index contributed by atoms with van der Waals surface area (Å²) >= 11 is 0. The van der Waals surface area contributed by atoms with Gasteiger partial charge in [-0.2, -0.15) is 4.98 Å². The van der Waals surface area contributed by atoms with E-state index in [-0.39, 0.29) is 6.10 Å². The van der Waals surface area contributed by atoms with Crippen LogP contribution in [0.4, 0.5) is 11.5 Å². The van der Waals surface area contributed by atoms with Crippen LogP contribution in [-0.2, 0) is 0 Å². The molecule has 0 fully saturated rings. The Morgan fingerprint density at radius 2 is 1.70 bits per heavy atom. The van der Waals surface area contributed by atoms with Crippen molar-refractivity contribution >= 4 is 11.5 Å². The number of hydrogen-bond donors (Lipinski definition) is 2. The van der Waals surface area contributed by atoms with Crippen molar-refractivity contribution in [2.24, 2.45) is 17.8 Å². The van der Waals surface area contributed by atoms with Gasteiger partial charge in [-0.25, -0.2) is 4.98 Å². The third-order valence-corrected chi connectivity index (χ3v) is 3.41. The van der Waals surface area contributed by atoms with Crippen molar-refractivity contribution in [2.45, 2.75) is 47.6 Å². The fourth-order valence-electron chi connectivity index (χ4n) is 2.29. The Morgan fingerprint density at radius 3 is 2.20 bits per heavy atom. The first-order valence-electron chi connectivity index (χ1n) is 7.33. The summed E-state index contributed by atoms with van der Waals surface area (Å²) in [5.41, 5.74) is 6.54. The van der Waals surface area contributed by atoms with Crippen LogP contribution in [-0.4, -0.2) is 22.6 Å². The van der Waals surface area contributed by atoms with E-state index in [9.17, 15) is 0 Å². The molecule has 0 aliphatic rings. The van der Waals surface area contributed by atoms with E-state index in [1.54, 1.807) is 0 Å². The summed E-state index contributed by atoms with van der Waals surface area (Å²) in [5, 5.41) is 3.33. The van der Waals surface area contributed by atoms with Gasteiger partial charge in [0.1, 0.15) is 12.0 Å². The zero-order chi connectivity index (χ0) is 15.3. The topological polar surface area (TPSA) is 73.1 Å². The van der Waals surface area contributed by atoms with Crippen LogP contribution in [0.5, 0.6) is 5.88 Å². The Hall–Kier alpha value is -1.52. The minimum absolute atomic E-state index is 0.0409. The molecule has 0 saturated carbocycles. The number of hydrogen-bond acceptors (Lipinski definition) is 5. The van der Waals surface area contributed by atoms with Crippen molar-refractivity contribution in [2.75, 3.05) is 17.6 Å². The number of ether oxygens (including phenoxy) is 1. The fourth-order valence-corrected chi connectivity index (χ4v) is 2.29. The van der Waals surface area contributed by atoms with E-state index in [2.05, 4.69) is 43.0 Å². The van der Waals surface area contributed by atoms with Crippen LogP contribution in [0.3, 0.4) is 0 Å². The van der Waals surface area contributed by atoms with Gasteiger partial charge >= 0.3 is 0 Å². The molecule has 1 rings (SSSR count). The quantitative estimate of drug-likeness (QED) is 0.802. The Kier molecular flexibility index (Phi) is 6.05. The first-order chi connectivity index (χ1) is 9.32. The van der Waals surface area contributed by atoms with E-state index in [4.69, 9.17) is 10.5 Å². The summed E-state index contributed by atoms with van der Waals surface area (Å²) in [6, 6.07) is 0. The highest BCUT2D eigenvalue weighted by molar-refractivity contribution is 5.66. The predicted octanol–water partition coefficient (Wildman–Crippen LogP) is 3.19. The Bertz CT molecular complexity index is 410. The molecule has 0 aliphatic heterocycles. The Balaban J connectivity index is 2.77. The number of nitrogen functional groups attached to an aromatic ring is 1. The van der Waals surface area contributed by atoms with Crippen molar-refractivity contribution in [1.82, 2.24) is 9.97 Å². The SMILES string of the molecule is CC(C)Oc1ncnc(NCC(C(C)C)C(C)C)c1N. The van der Waals surface area contributed by atoms with E-state index in [1.807, 2.05) is 13.8 Å². The molecule has 0 amide bonds. The summed E-state index contributed by atoms with van der Waals surface area (Å²) in [5.74, 6) is 2.89. The van der Waals surface area contributed by atoms with Crippen LogP contribution in [0.2, 0.25) is 0 Å². The molecule has 0 radical (unpaired) electrons. The highest BCUT2D eigenvalue weighted by atomic mass is 16.5. The van der Waals surface area contributed by atoms with E-state index < -0.39 is 0 Å². The van der Waals surface area contributed by atoms with Crippen LogP contribution >= 0.6 is 0 Å². The highest BCUT2D eigenvalue weighted by Gasteiger charge is 2.18. The molecule has 5 heteroatoms. The maximum absolute atomic E-state index is 6.06. The fraction of sp³-hybridized carbons (Fsp3) is 0.733. The predicted molar refractivity (Wildman–Crippen MR) is 83.9 cm³/mol. The number of aromatic nitrogens is 2.